The first-order valence-corrected chi connectivity index (χ1v) is 8.34. The molecule has 2 heterocycles. The molecule has 3 N–H and O–H groups in total. The molecule has 0 aromatic rings. The number of hydrazine groups is 1. The average molecular weight is 310 g/mol. The van der Waals surface area contributed by atoms with Gasteiger partial charge in [0.1, 0.15) is 6.61 Å². The van der Waals surface area contributed by atoms with Gasteiger partial charge in [-0.25, -0.2) is 8.78 Å². The van der Waals surface area contributed by atoms with Gasteiger partial charge in [-0.05, 0) is 37.4 Å². The minimum atomic E-state index is -2.40. The molecular weight excluding hydrogens is 286 g/mol. The summed E-state index contributed by atoms with van der Waals surface area (Å²) in [7, 11) is 0. The van der Waals surface area contributed by atoms with Crippen LogP contribution in [0.5, 0.6) is 0 Å². The number of alkyl halides is 2. The number of hydrogen-bond donors (Lipinski definition) is 2. The molecule has 0 aromatic carbocycles. The van der Waals surface area contributed by atoms with Gasteiger partial charge >= 0.3 is 0 Å². The summed E-state index contributed by atoms with van der Waals surface area (Å²) in [4.78, 5) is 0. The predicted molar refractivity (Wildman–Crippen MR) is 75.9 cm³/mol. The van der Waals surface area contributed by atoms with E-state index in [1.807, 2.05) is 11.8 Å². The van der Waals surface area contributed by atoms with Crippen LogP contribution in [0, 0.1) is 5.92 Å². The summed E-state index contributed by atoms with van der Waals surface area (Å²) in [6.07, 6.45) is 1.34. The van der Waals surface area contributed by atoms with Crippen molar-refractivity contribution in [1.29, 1.82) is 0 Å². The van der Waals surface area contributed by atoms with E-state index in [1.165, 1.54) is 0 Å². The Balaban J connectivity index is 1.77. The molecule has 0 saturated carbocycles. The lowest BCUT2D eigenvalue weighted by Crippen LogP contribution is -2.49. The molecule has 3 atom stereocenters. The van der Waals surface area contributed by atoms with Gasteiger partial charge in [0, 0.05) is 25.0 Å². The Morgan fingerprint density at radius 2 is 2.35 bits per heavy atom. The lowest BCUT2D eigenvalue weighted by atomic mass is 9.80. The highest BCUT2D eigenvalue weighted by Gasteiger charge is 2.42. The molecule has 2 aliphatic heterocycles. The molecule has 4 nitrogen and oxygen atoms in total. The summed E-state index contributed by atoms with van der Waals surface area (Å²) in [5.41, 5.74) is 2.86. The second-order valence-corrected chi connectivity index (χ2v) is 6.72. The molecule has 2 rings (SSSR count). The third kappa shape index (κ3) is 4.53. The average Bonchev–Trinajstić information content (AvgIpc) is 2.86. The fraction of sp³-hybridized carbons (Fsp3) is 1.00. The molecule has 118 valence electrons. The Bertz CT molecular complexity index is 292. The van der Waals surface area contributed by atoms with Crippen molar-refractivity contribution in [1.82, 2.24) is 5.43 Å². The quantitative estimate of drug-likeness (QED) is 0.426. The number of halogens is 2. The summed E-state index contributed by atoms with van der Waals surface area (Å²) >= 11 is 1.94. The smallest absolute Gasteiger partial charge is 0.261 e. The molecule has 20 heavy (non-hydrogen) atoms. The van der Waals surface area contributed by atoms with Gasteiger partial charge in [0.05, 0.1) is 5.60 Å². The van der Waals surface area contributed by atoms with Crippen LogP contribution in [0.3, 0.4) is 0 Å². The molecule has 0 aromatic heterocycles. The minimum absolute atomic E-state index is 0.0204. The Morgan fingerprint density at radius 3 is 3.00 bits per heavy atom. The van der Waals surface area contributed by atoms with Crippen LogP contribution in [-0.2, 0) is 9.47 Å². The molecule has 2 fully saturated rings. The van der Waals surface area contributed by atoms with E-state index in [0.29, 0.717) is 18.9 Å². The van der Waals surface area contributed by atoms with E-state index in [1.54, 1.807) is 0 Å². The summed E-state index contributed by atoms with van der Waals surface area (Å²) in [6.45, 7) is 0.589. The monoisotopic (exact) mass is 310 g/mol. The van der Waals surface area contributed by atoms with Crippen molar-refractivity contribution in [3.63, 3.8) is 0 Å². The molecule has 1 spiro atoms. The molecular formula is C13H24F2N2O2S. The lowest BCUT2D eigenvalue weighted by molar-refractivity contribution is -0.0869. The van der Waals surface area contributed by atoms with Gasteiger partial charge < -0.3 is 9.47 Å². The van der Waals surface area contributed by atoms with E-state index in [2.05, 4.69) is 5.43 Å². The molecule has 0 aliphatic carbocycles. The third-order valence-electron chi connectivity index (χ3n) is 4.20. The summed E-state index contributed by atoms with van der Waals surface area (Å²) in [5.74, 6) is 8.28. The van der Waals surface area contributed by atoms with Crippen LogP contribution in [0.1, 0.15) is 25.7 Å². The van der Waals surface area contributed by atoms with Gasteiger partial charge in [-0.15, -0.1) is 0 Å². The first kappa shape index (κ1) is 16.4. The standard InChI is InChI=1S/C13H24F2N2O2S/c14-12(15)8-18-4-2-11(17-16)10-1-5-19-13(7-10)3-6-20-9-13/h10-12,17H,1-9,16H2. The second-order valence-electron chi connectivity index (χ2n) is 5.61. The molecule has 3 unspecified atom stereocenters. The van der Waals surface area contributed by atoms with E-state index >= 15 is 0 Å². The van der Waals surface area contributed by atoms with Gasteiger partial charge in [0.25, 0.3) is 6.43 Å². The second kappa shape index (κ2) is 7.89. The van der Waals surface area contributed by atoms with Crippen LogP contribution in [0.15, 0.2) is 0 Å². The van der Waals surface area contributed by atoms with Crippen LogP contribution in [0.25, 0.3) is 0 Å². The summed E-state index contributed by atoms with van der Waals surface area (Å²) < 4.78 is 35.0. The van der Waals surface area contributed by atoms with Crippen molar-refractivity contribution in [2.24, 2.45) is 11.8 Å². The fourth-order valence-corrected chi connectivity index (χ4v) is 4.49. The van der Waals surface area contributed by atoms with Crippen LogP contribution in [0.4, 0.5) is 8.78 Å². The van der Waals surface area contributed by atoms with Gasteiger partial charge in [0.15, 0.2) is 0 Å². The first-order chi connectivity index (χ1) is 9.65. The highest BCUT2D eigenvalue weighted by atomic mass is 32.2. The maximum Gasteiger partial charge on any atom is 0.261 e. The van der Waals surface area contributed by atoms with Crippen molar-refractivity contribution in [2.45, 2.75) is 43.8 Å². The van der Waals surface area contributed by atoms with Gasteiger partial charge in [0.2, 0.25) is 0 Å². The summed E-state index contributed by atoms with van der Waals surface area (Å²) in [5, 5.41) is 0. The number of rotatable bonds is 7. The van der Waals surface area contributed by atoms with E-state index in [0.717, 1.165) is 37.4 Å². The van der Waals surface area contributed by atoms with E-state index in [-0.39, 0.29) is 11.6 Å². The normalized spacial score (nSPS) is 32.1. The number of thioether (sulfide) groups is 1. The Hall–Kier alpha value is 0.0500. The first-order valence-electron chi connectivity index (χ1n) is 7.19. The fourth-order valence-electron chi connectivity index (χ4n) is 3.11. The van der Waals surface area contributed by atoms with Crippen LogP contribution in [-0.4, -0.2) is 49.4 Å². The maximum absolute atomic E-state index is 12.0. The van der Waals surface area contributed by atoms with E-state index < -0.39 is 13.0 Å². The van der Waals surface area contributed by atoms with Gasteiger partial charge in [-0.1, -0.05) is 0 Å². The molecule has 2 aliphatic rings. The largest absolute Gasteiger partial charge is 0.375 e. The number of hydrogen-bond acceptors (Lipinski definition) is 5. The van der Waals surface area contributed by atoms with E-state index in [9.17, 15) is 8.78 Å². The maximum atomic E-state index is 12.0. The number of nitrogens with two attached hydrogens (primary N) is 1. The minimum Gasteiger partial charge on any atom is -0.375 e. The molecule has 2 saturated heterocycles. The SMILES string of the molecule is NNC(CCOCC(F)F)C1CCOC2(CCSC2)C1. The Kier molecular flexibility index (Phi) is 6.48. The number of nitrogens with one attached hydrogen (secondary N) is 1. The zero-order chi connectivity index (χ0) is 14.4. The van der Waals surface area contributed by atoms with Gasteiger partial charge in [-0.2, -0.15) is 11.8 Å². The van der Waals surface area contributed by atoms with E-state index in [4.69, 9.17) is 15.3 Å². The zero-order valence-corrected chi connectivity index (χ0v) is 12.5. The zero-order valence-electron chi connectivity index (χ0n) is 11.7. The van der Waals surface area contributed by atoms with Gasteiger partial charge in [-0.3, -0.25) is 11.3 Å². The lowest BCUT2D eigenvalue weighted by Gasteiger charge is -2.40. The van der Waals surface area contributed by atoms with Crippen molar-refractivity contribution in [2.75, 3.05) is 31.3 Å². The van der Waals surface area contributed by atoms with Crippen LogP contribution < -0.4 is 11.3 Å². The summed E-state index contributed by atoms with van der Waals surface area (Å²) in [6, 6.07) is 0.110. The van der Waals surface area contributed by atoms with Crippen molar-refractivity contribution in [3.05, 3.63) is 0 Å². The Morgan fingerprint density at radius 1 is 1.50 bits per heavy atom. The van der Waals surface area contributed by atoms with Crippen molar-refractivity contribution < 1.29 is 18.3 Å². The third-order valence-corrected chi connectivity index (χ3v) is 5.42. The molecule has 0 amide bonds. The highest BCUT2D eigenvalue weighted by molar-refractivity contribution is 7.99. The van der Waals surface area contributed by atoms with Crippen molar-refractivity contribution >= 4 is 11.8 Å². The van der Waals surface area contributed by atoms with Crippen molar-refractivity contribution in [3.8, 4) is 0 Å². The number of ether oxygens (including phenoxy) is 2. The Labute approximate surface area is 123 Å². The topological polar surface area (TPSA) is 56.5 Å². The molecule has 0 bridgehead atoms. The van der Waals surface area contributed by atoms with Crippen LogP contribution >= 0.6 is 11.8 Å². The highest BCUT2D eigenvalue weighted by Crippen LogP contribution is 2.41. The molecule has 0 radical (unpaired) electrons. The predicted octanol–water partition coefficient (Wildman–Crippen LogP) is 1.79. The molecule has 7 heteroatoms. The van der Waals surface area contributed by atoms with Crippen LogP contribution in [0.2, 0.25) is 0 Å².